The minimum Gasteiger partial charge on any atom is -0.491 e. The molecule has 1 rings (SSSR count). The van der Waals surface area contributed by atoms with Crippen molar-refractivity contribution in [3.05, 3.63) is 24.3 Å². The van der Waals surface area contributed by atoms with Crippen LogP contribution in [0.3, 0.4) is 0 Å². The maximum atomic E-state index is 5.75. The average molecular weight is 250 g/mol. The Hall–Kier alpha value is -1.75. The van der Waals surface area contributed by atoms with E-state index in [1.807, 2.05) is 38.1 Å². The molecule has 4 N–H and O–H groups in total. The van der Waals surface area contributed by atoms with Crippen LogP contribution in [-0.2, 0) is 0 Å². The van der Waals surface area contributed by atoms with Crippen LogP contribution in [0.5, 0.6) is 5.75 Å². The highest BCUT2D eigenvalue weighted by atomic mass is 16.5. The molecule has 0 bridgehead atoms. The highest BCUT2D eigenvalue weighted by Crippen LogP contribution is 2.19. The molecule has 0 amide bonds. The van der Waals surface area contributed by atoms with E-state index in [9.17, 15) is 0 Å². The van der Waals surface area contributed by atoms with E-state index in [1.54, 1.807) is 0 Å². The number of aliphatic imine (C=N–C) groups is 1. The Morgan fingerprint density at radius 3 is 2.83 bits per heavy atom. The van der Waals surface area contributed by atoms with Crippen molar-refractivity contribution >= 4 is 11.6 Å². The second kappa shape index (κ2) is 7.55. The third-order valence-electron chi connectivity index (χ3n) is 2.46. The van der Waals surface area contributed by atoms with Crippen molar-refractivity contribution in [2.45, 2.75) is 33.3 Å². The second-order valence-electron chi connectivity index (χ2n) is 3.96. The smallest absolute Gasteiger partial charge is 0.210 e. The lowest BCUT2D eigenvalue weighted by atomic mass is 10.3. The molecule has 0 aliphatic rings. The summed E-state index contributed by atoms with van der Waals surface area (Å²) >= 11 is 0. The number of hydrogen-bond donors (Lipinski definition) is 3. The quantitative estimate of drug-likeness (QED) is 0.324. The van der Waals surface area contributed by atoms with Gasteiger partial charge in [0.25, 0.3) is 0 Å². The van der Waals surface area contributed by atoms with Gasteiger partial charge in [0.05, 0.1) is 6.10 Å². The van der Waals surface area contributed by atoms with E-state index in [-0.39, 0.29) is 6.10 Å². The predicted octanol–water partition coefficient (Wildman–Crippen LogP) is 2.11. The first-order valence-corrected chi connectivity index (χ1v) is 6.24. The van der Waals surface area contributed by atoms with Gasteiger partial charge in [-0.3, -0.25) is 10.4 Å². The number of anilines is 1. The van der Waals surface area contributed by atoms with E-state index < -0.39 is 0 Å². The molecule has 0 fully saturated rings. The molecule has 100 valence electrons. The molecule has 0 saturated heterocycles. The van der Waals surface area contributed by atoms with Crippen molar-refractivity contribution < 1.29 is 4.74 Å². The highest BCUT2D eigenvalue weighted by Gasteiger charge is 2.03. The first-order valence-electron chi connectivity index (χ1n) is 6.24. The fourth-order valence-corrected chi connectivity index (χ4v) is 1.38. The molecule has 0 radical (unpaired) electrons. The van der Waals surface area contributed by atoms with Crippen LogP contribution >= 0.6 is 0 Å². The summed E-state index contributed by atoms with van der Waals surface area (Å²) in [6.07, 6.45) is 1.18. The SMILES string of the molecule is CCN=C(NN)Nc1cccc(OC(C)CC)c1. The molecule has 1 atom stereocenters. The summed E-state index contributed by atoms with van der Waals surface area (Å²) in [5, 5.41) is 3.10. The zero-order valence-electron chi connectivity index (χ0n) is 11.2. The van der Waals surface area contributed by atoms with Crippen molar-refractivity contribution in [3.8, 4) is 5.75 Å². The van der Waals surface area contributed by atoms with Gasteiger partial charge in [0, 0.05) is 18.3 Å². The molecule has 5 heteroatoms. The van der Waals surface area contributed by atoms with Crippen molar-refractivity contribution in [1.29, 1.82) is 0 Å². The largest absolute Gasteiger partial charge is 0.491 e. The lowest BCUT2D eigenvalue weighted by Crippen LogP contribution is -2.36. The molecule has 5 nitrogen and oxygen atoms in total. The number of guanidine groups is 1. The van der Waals surface area contributed by atoms with Gasteiger partial charge in [0.15, 0.2) is 0 Å². The van der Waals surface area contributed by atoms with Gasteiger partial charge in [-0.05, 0) is 32.4 Å². The summed E-state index contributed by atoms with van der Waals surface area (Å²) in [7, 11) is 0. The van der Waals surface area contributed by atoms with Crippen LogP contribution in [-0.4, -0.2) is 18.6 Å². The number of nitrogens with one attached hydrogen (secondary N) is 2. The summed E-state index contributed by atoms with van der Waals surface area (Å²) in [6, 6.07) is 7.73. The van der Waals surface area contributed by atoms with E-state index >= 15 is 0 Å². The van der Waals surface area contributed by atoms with Crippen LogP contribution in [0.15, 0.2) is 29.3 Å². The molecular formula is C13H22N4O. The summed E-state index contributed by atoms with van der Waals surface area (Å²) < 4.78 is 5.75. The van der Waals surface area contributed by atoms with Gasteiger partial charge in [0.2, 0.25) is 5.96 Å². The molecule has 18 heavy (non-hydrogen) atoms. The molecule has 1 aromatic rings. The lowest BCUT2D eigenvalue weighted by molar-refractivity contribution is 0.217. The second-order valence-corrected chi connectivity index (χ2v) is 3.96. The van der Waals surface area contributed by atoms with Crippen molar-refractivity contribution in [1.82, 2.24) is 5.43 Å². The Balaban J connectivity index is 2.72. The number of hydrazine groups is 1. The fraction of sp³-hybridized carbons (Fsp3) is 0.462. The Bertz CT molecular complexity index is 392. The monoisotopic (exact) mass is 250 g/mol. The maximum absolute atomic E-state index is 5.75. The van der Waals surface area contributed by atoms with Crippen LogP contribution in [0.4, 0.5) is 5.69 Å². The number of benzene rings is 1. The molecule has 0 aliphatic heterocycles. The highest BCUT2D eigenvalue weighted by molar-refractivity contribution is 5.93. The number of ether oxygens (including phenoxy) is 1. The van der Waals surface area contributed by atoms with Crippen molar-refractivity contribution in [3.63, 3.8) is 0 Å². The van der Waals surface area contributed by atoms with E-state index in [0.29, 0.717) is 12.5 Å². The molecule has 0 heterocycles. The molecule has 1 aromatic carbocycles. The van der Waals surface area contributed by atoms with E-state index in [1.165, 1.54) is 0 Å². The maximum Gasteiger partial charge on any atom is 0.210 e. The summed E-state index contributed by atoms with van der Waals surface area (Å²) in [5.41, 5.74) is 3.41. The number of hydrogen-bond acceptors (Lipinski definition) is 3. The van der Waals surface area contributed by atoms with Crippen molar-refractivity contribution in [2.24, 2.45) is 10.8 Å². The third-order valence-corrected chi connectivity index (χ3v) is 2.46. The van der Waals surface area contributed by atoms with Crippen LogP contribution in [0.2, 0.25) is 0 Å². The summed E-state index contributed by atoms with van der Waals surface area (Å²) in [6.45, 7) is 6.75. The van der Waals surface area contributed by atoms with Gasteiger partial charge < -0.3 is 10.1 Å². The van der Waals surface area contributed by atoms with Crippen LogP contribution < -0.4 is 21.3 Å². The van der Waals surface area contributed by atoms with Gasteiger partial charge in [-0.25, -0.2) is 5.84 Å². The summed E-state index contributed by atoms with van der Waals surface area (Å²) in [5.74, 6) is 6.75. The first kappa shape index (κ1) is 14.3. The first-order chi connectivity index (χ1) is 8.69. The van der Waals surface area contributed by atoms with E-state index in [0.717, 1.165) is 17.9 Å². The Morgan fingerprint density at radius 1 is 1.44 bits per heavy atom. The van der Waals surface area contributed by atoms with E-state index in [4.69, 9.17) is 10.6 Å². The topological polar surface area (TPSA) is 71.7 Å². The minimum absolute atomic E-state index is 0.205. The van der Waals surface area contributed by atoms with Crippen LogP contribution in [0, 0.1) is 0 Å². The van der Waals surface area contributed by atoms with E-state index in [2.05, 4.69) is 22.7 Å². The normalized spacial score (nSPS) is 13.0. The fourth-order valence-electron chi connectivity index (χ4n) is 1.38. The third kappa shape index (κ3) is 4.63. The van der Waals surface area contributed by atoms with Gasteiger partial charge in [0.1, 0.15) is 5.75 Å². The van der Waals surface area contributed by atoms with Gasteiger partial charge >= 0.3 is 0 Å². The minimum atomic E-state index is 0.205. The number of nitrogens with two attached hydrogens (primary N) is 1. The standard InChI is InChI=1S/C13H22N4O/c1-4-10(3)18-12-8-6-7-11(9-12)16-13(17-14)15-5-2/h6-10H,4-5,14H2,1-3H3,(H2,15,16,17). The average Bonchev–Trinajstić information content (AvgIpc) is 2.38. The van der Waals surface area contributed by atoms with Gasteiger partial charge in [-0.1, -0.05) is 13.0 Å². The zero-order chi connectivity index (χ0) is 13.4. The van der Waals surface area contributed by atoms with Crippen molar-refractivity contribution in [2.75, 3.05) is 11.9 Å². The molecule has 0 aromatic heterocycles. The van der Waals surface area contributed by atoms with Crippen LogP contribution in [0.1, 0.15) is 27.2 Å². The molecular weight excluding hydrogens is 228 g/mol. The Kier molecular flexibility index (Phi) is 6.00. The number of nitrogens with zero attached hydrogens (tertiary/aromatic N) is 1. The lowest BCUT2D eigenvalue weighted by Gasteiger charge is -2.14. The predicted molar refractivity (Wildman–Crippen MR) is 75.7 cm³/mol. The molecule has 0 aliphatic carbocycles. The zero-order valence-corrected chi connectivity index (χ0v) is 11.2. The Labute approximate surface area is 108 Å². The molecule has 0 saturated carbocycles. The van der Waals surface area contributed by atoms with Crippen LogP contribution in [0.25, 0.3) is 0 Å². The van der Waals surface area contributed by atoms with Gasteiger partial charge in [-0.15, -0.1) is 0 Å². The Morgan fingerprint density at radius 2 is 2.22 bits per heavy atom. The summed E-state index contributed by atoms with van der Waals surface area (Å²) in [4.78, 5) is 4.17. The molecule has 0 spiro atoms. The molecule has 1 unspecified atom stereocenters. The number of rotatable bonds is 5. The van der Waals surface area contributed by atoms with Gasteiger partial charge in [-0.2, -0.15) is 0 Å².